The highest BCUT2D eigenvalue weighted by atomic mass is 16.5. The summed E-state index contributed by atoms with van der Waals surface area (Å²) in [7, 11) is 0. The largest absolute Gasteiger partial charge is 0.363 e. The maximum atomic E-state index is 12.3. The van der Waals surface area contributed by atoms with Crippen molar-refractivity contribution in [1.29, 1.82) is 0 Å². The number of aromatic nitrogens is 1. The summed E-state index contributed by atoms with van der Waals surface area (Å²) in [5.41, 5.74) is 2.12. The zero-order valence-electron chi connectivity index (χ0n) is 10.4. The van der Waals surface area contributed by atoms with Gasteiger partial charge < -0.3 is 10.1 Å². The number of benzene rings is 1. The van der Waals surface area contributed by atoms with Crippen molar-refractivity contribution in [1.82, 2.24) is 4.98 Å². The third kappa shape index (κ3) is 2.48. The second kappa shape index (κ2) is 5.20. The maximum Gasteiger partial charge on any atom is 0.259 e. The van der Waals surface area contributed by atoms with Crippen molar-refractivity contribution in [3.63, 3.8) is 0 Å². The topological polar surface area (TPSA) is 51.2 Å². The van der Waals surface area contributed by atoms with E-state index in [1.807, 2.05) is 36.4 Å². The smallest absolute Gasteiger partial charge is 0.259 e. The van der Waals surface area contributed by atoms with Gasteiger partial charge >= 0.3 is 0 Å². The molecule has 0 aliphatic carbocycles. The van der Waals surface area contributed by atoms with E-state index in [-0.39, 0.29) is 5.91 Å². The normalized spacial score (nSPS) is 17.6. The van der Waals surface area contributed by atoms with E-state index in [1.165, 1.54) is 5.56 Å². The number of carbonyl (C=O) groups is 1. The highest BCUT2D eigenvalue weighted by molar-refractivity contribution is 5.94. The van der Waals surface area contributed by atoms with Crippen LogP contribution < -0.4 is 5.32 Å². The zero-order valence-corrected chi connectivity index (χ0v) is 10.4. The Morgan fingerprint density at radius 3 is 2.89 bits per heavy atom. The predicted octanol–water partition coefficient (Wildman–Crippen LogP) is 2.33. The predicted molar refractivity (Wildman–Crippen MR) is 71.7 cm³/mol. The van der Waals surface area contributed by atoms with Gasteiger partial charge in [0, 0.05) is 6.20 Å². The van der Waals surface area contributed by atoms with Gasteiger partial charge in [-0.3, -0.25) is 4.79 Å². The van der Waals surface area contributed by atoms with Crippen LogP contribution in [0.2, 0.25) is 0 Å². The molecule has 0 spiro atoms. The highest BCUT2D eigenvalue weighted by Gasteiger charge is 2.27. The van der Waals surface area contributed by atoms with Crippen molar-refractivity contribution in [3.8, 4) is 0 Å². The molecule has 3 rings (SSSR count). The van der Waals surface area contributed by atoms with E-state index < -0.39 is 6.10 Å². The van der Waals surface area contributed by atoms with Gasteiger partial charge in [0.2, 0.25) is 0 Å². The van der Waals surface area contributed by atoms with Crippen molar-refractivity contribution < 1.29 is 9.53 Å². The number of fused-ring (bicyclic) bond motifs is 1. The first-order valence-corrected chi connectivity index (χ1v) is 6.26. The van der Waals surface area contributed by atoms with Gasteiger partial charge in [-0.15, -0.1) is 0 Å². The number of hydrogen-bond donors (Lipinski definition) is 1. The molecule has 1 aliphatic rings. The van der Waals surface area contributed by atoms with Crippen LogP contribution >= 0.6 is 0 Å². The molecule has 0 saturated carbocycles. The fraction of sp³-hybridized carbons (Fsp3) is 0.200. The minimum absolute atomic E-state index is 0.175. The van der Waals surface area contributed by atoms with Crippen molar-refractivity contribution >= 4 is 11.7 Å². The van der Waals surface area contributed by atoms with Crippen molar-refractivity contribution in [2.45, 2.75) is 12.5 Å². The number of anilines is 1. The summed E-state index contributed by atoms with van der Waals surface area (Å²) in [6.45, 7) is 0.567. The molecule has 1 amide bonds. The summed E-state index contributed by atoms with van der Waals surface area (Å²) in [6.07, 6.45) is 1.95. The Morgan fingerprint density at radius 2 is 2.05 bits per heavy atom. The molecule has 0 bridgehead atoms. The summed E-state index contributed by atoms with van der Waals surface area (Å²) in [4.78, 5) is 16.3. The molecule has 0 saturated heterocycles. The summed E-state index contributed by atoms with van der Waals surface area (Å²) in [5.74, 6) is 0.366. The molecule has 1 aromatic carbocycles. The molecule has 4 nitrogen and oxygen atoms in total. The van der Waals surface area contributed by atoms with E-state index in [9.17, 15) is 4.79 Å². The third-order valence-electron chi connectivity index (χ3n) is 3.15. The zero-order chi connectivity index (χ0) is 13.1. The van der Waals surface area contributed by atoms with E-state index in [4.69, 9.17) is 4.74 Å². The number of pyridine rings is 1. The maximum absolute atomic E-state index is 12.3. The van der Waals surface area contributed by atoms with Crippen LogP contribution in [-0.4, -0.2) is 17.5 Å². The molecule has 19 heavy (non-hydrogen) atoms. The van der Waals surface area contributed by atoms with Crippen molar-refractivity contribution in [2.75, 3.05) is 11.9 Å². The Balaban J connectivity index is 1.82. The van der Waals surface area contributed by atoms with E-state index in [1.54, 1.807) is 12.3 Å². The minimum Gasteiger partial charge on any atom is -0.363 e. The summed E-state index contributed by atoms with van der Waals surface area (Å²) >= 11 is 0. The average Bonchev–Trinajstić information content (AvgIpc) is 2.47. The number of ether oxygens (including phenoxy) is 1. The summed E-state index contributed by atoms with van der Waals surface area (Å²) < 4.78 is 5.60. The van der Waals surface area contributed by atoms with E-state index >= 15 is 0 Å². The van der Waals surface area contributed by atoms with Gasteiger partial charge in [-0.2, -0.15) is 0 Å². The lowest BCUT2D eigenvalue weighted by atomic mass is 9.97. The first-order valence-electron chi connectivity index (χ1n) is 6.26. The van der Waals surface area contributed by atoms with E-state index in [0.717, 1.165) is 12.0 Å². The van der Waals surface area contributed by atoms with Crippen LogP contribution in [0.25, 0.3) is 0 Å². The van der Waals surface area contributed by atoms with Crippen LogP contribution in [-0.2, 0) is 16.0 Å². The fourth-order valence-corrected chi connectivity index (χ4v) is 2.24. The van der Waals surface area contributed by atoms with Gasteiger partial charge in [0.15, 0.2) is 6.10 Å². The Labute approximate surface area is 111 Å². The number of rotatable bonds is 2. The quantitative estimate of drug-likeness (QED) is 0.894. The molecular weight excluding hydrogens is 240 g/mol. The fourth-order valence-electron chi connectivity index (χ4n) is 2.24. The van der Waals surface area contributed by atoms with Gasteiger partial charge in [-0.1, -0.05) is 30.3 Å². The number of hydrogen-bond acceptors (Lipinski definition) is 3. The molecule has 1 aromatic heterocycles. The second-order valence-corrected chi connectivity index (χ2v) is 4.40. The molecule has 2 heterocycles. The van der Waals surface area contributed by atoms with Crippen LogP contribution in [0, 0.1) is 0 Å². The van der Waals surface area contributed by atoms with Gasteiger partial charge in [-0.05, 0) is 29.7 Å². The second-order valence-electron chi connectivity index (χ2n) is 4.40. The Kier molecular flexibility index (Phi) is 3.25. The highest BCUT2D eigenvalue weighted by Crippen LogP contribution is 2.27. The van der Waals surface area contributed by atoms with Gasteiger partial charge in [0.25, 0.3) is 5.91 Å². The monoisotopic (exact) mass is 254 g/mol. The number of carbonyl (C=O) groups excluding carboxylic acids is 1. The number of amides is 1. The molecule has 1 atom stereocenters. The molecule has 1 N–H and O–H groups in total. The van der Waals surface area contributed by atoms with Crippen LogP contribution in [0.1, 0.15) is 17.2 Å². The van der Waals surface area contributed by atoms with Crippen molar-refractivity contribution in [3.05, 3.63) is 59.8 Å². The first kappa shape index (κ1) is 11.9. The number of nitrogens with one attached hydrogen (secondary N) is 1. The van der Waals surface area contributed by atoms with Gasteiger partial charge in [-0.25, -0.2) is 4.98 Å². The van der Waals surface area contributed by atoms with E-state index in [0.29, 0.717) is 12.4 Å². The summed E-state index contributed by atoms with van der Waals surface area (Å²) in [5, 5.41) is 2.78. The van der Waals surface area contributed by atoms with Crippen LogP contribution in [0.4, 0.5) is 5.82 Å². The van der Waals surface area contributed by atoms with Gasteiger partial charge in [0.1, 0.15) is 5.82 Å². The SMILES string of the molecule is O=C(Nc1ccccn1)C1OCCc2ccccc21. The summed E-state index contributed by atoms with van der Waals surface area (Å²) in [6, 6.07) is 13.3. The van der Waals surface area contributed by atoms with Gasteiger partial charge in [0.05, 0.1) is 6.61 Å². The first-order chi connectivity index (χ1) is 9.34. The molecule has 96 valence electrons. The standard InChI is InChI=1S/C15H14N2O2/c18-15(17-13-7-3-4-9-16-13)14-12-6-2-1-5-11(12)8-10-19-14/h1-7,9,14H,8,10H2,(H,16,17,18). The van der Waals surface area contributed by atoms with Crippen LogP contribution in [0.3, 0.4) is 0 Å². The van der Waals surface area contributed by atoms with Crippen molar-refractivity contribution in [2.24, 2.45) is 0 Å². The Hall–Kier alpha value is -2.20. The lowest BCUT2D eigenvalue weighted by Gasteiger charge is -2.24. The molecule has 0 radical (unpaired) electrons. The average molecular weight is 254 g/mol. The Bertz CT molecular complexity index is 584. The number of nitrogens with zero attached hydrogens (tertiary/aromatic N) is 1. The van der Waals surface area contributed by atoms with Crippen LogP contribution in [0.5, 0.6) is 0 Å². The van der Waals surface area contributed by atoms with Crippen LogP contribution in [0.15, 0.2) is 48.7 Å². The Morgan fingerprint density at radius 1 is 1.21 bits per heavy atom. The molecular formula is C15H14N2O2. The molecule has 1 unspecified atom stereocenters. The third-order valence-corrected chi connectivity index (χ3v) is 3.15. The van der Waals surface area contributed by atoms with E-state index in [2.05, 4.69) is 10.3 Å². The lowest BCUT2D eigenvalue weighted by molar-refractivity contribution is -0.128. The molecule has 1 aliphatic heterocycles. The minimum atomic E-state index is -0.549. The molecule has 2 aromatic rings. The molecule has 0 fully saturated rings. The molecule has 4 heteroatoms. The lowest BCUT2D eigenvalue weighted by Crippen LogP contribution is -2.28.